The minimum absolute atomic E-state index is 0.927. The summed E-state index contributed by atoms with van der Waals surface area (Å²) in [5.74, 6) is 0.927. The van der Waals surface area contributed by atoms with Crippen molar-refractivity contribution in [1.29, 1.82) is 0 Å². The highest BCUT2D eigenvalue weighted by molar-refractivity contribution is 5.02. The molecule has 1 aromatic rings. The second kappa shape index (κ2) is 5.31. The van der Waals surface area contributed by atoms with E-state index in [4.69, 9.17) is 0 Å². The van der Waals surface area contributed by atoms with E-state index in [1.165, 1.54) is 44.3 Å². The first kappa shape index (κ1) is 10.7. The smallest absolute Gasteiger partial charge is 0.0532 e. The van der Waals surface area contributed by atoms with Crippen molar-refractivity contribution < 1.29 is 0 Å². The molecular formula is C12H21N3. The van der Waals surface area contributed by atoms with Gasteiger partial charge in [0.1, 0.15) is 0 Å². The number of hydrogen-bond acceptors (Lipinski definition) is 2. The van der Waals surface area contributed by atoms with E-state index in [0.29, 0.717) is 0 Å². The van der Waals surface area contributed by atoms with Crippen LogP contribution in [0.5, 0.6) is 0 Å². The summed E-state index contributed by atoms with van der Waals surface area (Å²) in [7, 11) is 0. The van der Waals surface area contributed by atoms with E-state index in [1.54, 1.807) is 0 Å². The number of aromatic amines is 1. The molecule has 1 aliphatic heterocycles. The average Bonchev–Trinajstić information content (AvgIpc) is 2.71. The quantitative estimate of drug-likeness (QED) is 0.822. The summed E-state index contributed by atoms with van der Waals surface area (Å²) in [5, 5.41) is 6.87. The Morgan fingerprint density at radius 3 is 3.27 bits per heavy atom. The summed E-state index contributed by atoms with van der Waals surface area (Å²) < 4.78 is 0. The molecule has 0 saturated carbocycles. The van der Waals surface area contributed by atoms with E-state index >= 15 is 0 Å². The van der Waals surface area contributed by atoms with Crippen molar-refractivity contribution >= 4 is 0 Å². The first-order valence-electron chi connectivity index (χ1n) is 6.08. The monoisotopic (exact) mass is 207 g/mol. The fraction of sp³-hybridized carbons (Fsp3) is 0.750. The zero-order valence-electron chi connectivity index (χ0n) is 9.58. The largest absolute Gasteiger partial charge is 0.299 e. The molecule has 1 unspecified atom stereocenters. The predicted octanol–water partition coefficient (Wildman–Crippen LogP) is 2.42. The van der Waals surface area contributed by atoms with Crippen molar-refractivity contribution in [3.63, 3.8) is 0 Å². The van der Waals surface area contributed by atoms with Crippen LogP contribution in [0.2, 0.25) is 0 Å². The summed E-state index contributed by atoms with van der Waals surface area (Å²) >= 11 is 0. The minimum atomic E-state index is 0.927. The summed E-state index contributed by atoms with van der Waals surface area (Å²) in [4.78, 5) is 2.56. The Bertz CT molecular complexity index is 266. The lowest BCUT2D eigenvalue weighted by molar-refractivity contribution is 0.161. The zero-order valence-corrected chi connectivity index (χ0v) is 9.58. The van der Waals surface area contributed by atoms with E-state index in [-0.39, 0.29) is 0 Å². The Balaban J connectivity index is 1.82. The lowest BCUT2D eigenvalue weighted by Crippen LogP contribution is -2.34. The van der Waals surface area contributed by atoms with Crippen molar-refractivity contribution in [2.24, 2.45) is 5.92 Å². The third-order valence-electron chi connectivity index (χ3n) is 3.26. The SMILES string of the molecule is CCCC1CCCN(Cc2cn[nH]c2)C1. The van der Waals surface area contributed by atoms with Gasteiger partial charge in [-0.15, -0.1) is 0 Å². The standard InChI is InChI=1S/C12H21N3/c1-2-4-11-5-3-6-15(9-11)10-12-7-13-14-8-12/h7-8,11H,2-6,9-10H2,1H3,(H,13,14). The molecule has 2 heterocycles. The first-order chi connectivity index (χ1) is 7.38. The van der Waals surface area contributed by atoms with Crippen LogP contribution in [-0.4, -0.2) is 28.2 Å². The fourth-order valence-electron chi connectivity index (χ4n) is 2.56. The van der Waals surface area contributed by atoms with Crippen molar-refractivity contribution in [3.05, 3.63) is 18.0 Å². The van der Waals surface area contributed by atoms with E-state index in [1.807, 2.05) is 12.4 Å². The molecule has 3 heteroatoms. The van der Waals surface area contributed by atoms with E-state index in [2.05, 4.69) is 22.0 Å². The summed E-state index contributed by atoms with van der Waals surface area (Å²) in [5.41, 5.74) is 1.31. The number of likely N-dealkylation sites (tertiary alicyclic amines) is 1. The molecule has 0 bridgehead atoms. The Morgan fingerprint density at radius 2 is 2.53 bits per heavy atom. The van der Waals surface area contributed by atoms with Gasteiger partial charge >= 0.3 is 0 Å². The van der Waals surface area contributed by atoms with Crippen LogP contribution in [0.15, 0.2) is 12.4 Å². The predicted molar refractivity (Wildman–Crippen MR) is 61.5 cm³/mol. The molecule has 0 spiro atoms. The molecular weight excluding hydrogens is 186 g/mol. The van der Waals surface area contributed by atoms with Gasteiger partial charge in [0, 0.05) is 24.8 Å². The average molecular weight is 207 g/mol. The number of nitrogens with one attached hydrogen (secondary N) is 1. The van der Waals surface area contributed by atoms with Gasteiger partial charge in [0.15, 0.2) is 0 Å². The van der Waals surface area contributed by atoms with Crippen LogP contribution in [0.25, 0.3) is 0 Å². The highest BCUT2D eigenvalue weighted by Gasteiger charge is 2.19. The van der Waals surface area contributed by atoms with E-state index < -0.39 is 0 Å². The van der Waals surface area contributed by atoms with Gasteiger partial charge in [0.05, 0.1) is 6.20 Å². The molecule has 1 atom stereocenters. The van der Waals surface area contributed by atoms with Gasteiger partial charge in [0.2, 0.25) is 0 Å². The second-order valence-electron chi connectivity index (χ2n) is 4.64. The molecule has 1 saturated heterocycles. The molecule has 1 aromatic heterocycles. The molecule has 0 radical (unpaired) electrons. The van der Waals surface area contributed by atoms with Gasteiger partial charge in [-0.3, -0.25) is 10.00 Å². The minimum Gasteiger partial charge on any atom is -0.299 e. The van der Waals surface area contributed by atoms with Crippen LogP contribution >= 0.6 is 0 Å². The Morgan fingerprint density at radius 1 is 1.60 bits per heavy atom. The normalized spacial score (nSPS) is 23.1. The van der Waals surface area contributed by atoms with E-state index in [9.17, 15) is 0 Å². The summed E-state index contributed by atoms with van der Waals surface area (Å²) in [6.45, 7) is 5.89. The Hall–Kier alpha value is -0.830. The lowest BCUT2D eigenvalue weighted by Gasteiger charge is -2.32. The van der Waals surface area contributed by atoms with Crippen molar-refractivity contribution in [2.75, 3.05) is 13.1 Å². The second-order valence-corrected chi connectivity index (χ2v) is 4.64. The van der Waals surface area contributed by atoms with Crippen LogP contribution in [0.1, 0.15) is 38.2 Å². The zero-order chi connectivity index (χ0) is 10.5. The Labute approximate surface area is 91.9 Å². The number of piperidine rings is 1. The molecule has 0 aliphatic carbocycles. The Kier molecular flexibility index (Phi) is 3.78. The van der Waals surface area contributed by atoms with Crippen LogP contribution in [0.3, 0.4) is 0 Å². The number of aromatic nitrogens is 2. The molecule has 1 fully saturated rings. The van der Waals surface area contributed by atoms with Crippen LogP contribution in [0, 0.1) is 5.92 Å². The molecule has 3 nitrogen and oxygen atoms in total. The molecule has 1 aliphatic rings. The molecule has 84 valence electrons. The highest BCUT2D eigenvalue weighted by atomic mass is 15.1. The van der Waals surface area contributed by atoms with Crippen LogP contribution in [-0.2, 0) is 6.54 Å². The van der Waals surface area contributed by atoms with E-state index in [0.717, 1.165) is 12.5 Å². The van der Waals surface area contributed by atoms with Crippen LogP contribution < -0.4 is 0 Å². The van der Waals surface area contributed by atoms with Crippen molar-refractivity contribution in [3.8, 4) is 0 Å². The maximum absolute atomic E-state index is 3.99. The maximum atomic E-state index is 3.99. The highest BCUT2D eigenvalue weighted by Crippen LogP contribution is 2.21. The summed E-state index contributed by atoms with van der Waals surface area (Å²) in [6.07, 6.45) is 9.44. The van der Waals surface area contributed by atoms with Gasteiger partial charge in [-0.25, -0.2) is 0 Å². The molecule has 0 amide bonds. The third kappa shape index (κ3) is 3.06. The number of H-pyrrole nitrogens is 1. The topological polar surface area (TPSA) is 31.9 Å². The number of nitrogens with zero attached hydrogens (tertiary/aromatic N) is 2. The van der Waals surface area contributed by atoms with Gasteiger partial charge in [0.25, 0.3) is 0 Å². The number of rotatable bonds is 4. The molecule has 0 aromatic carbocycles. The molecule has 1 N–H and O–H groups in total. The fourth-order valence-corrected chi connectivity index (χ4v) is 2.56. The van der Waals surface area contributed by atoms with Crippen molar-refractivity contribution in [1.82, 2.24) is 15.1 Å². The third-order valence-corrected chi connectivity index (χ3v) is 3.26. The maximum Gasteiger partial charge on any atom is 0.0532 e. The first-order valence-corrected chi connectivity index (χ1v) is 6.08. The lowest BCUT2D eigenvalue weighted by atomic mass is 9.93. The molecule has 2 rings (SSSR count). The van der Waals surface area contributed by atoms with Gasteiger partial charge < -0.3 is 0 Å². The van der Waals surface area contributed by atoms with Gasteiger partial charge in [-0.2, -0.15) is 5.10 Å². The number of hydrogen-bond donors (Lipinski definition) is 1. The van der Waals surface area contributed by atoms with Gasteiger partial charge in [-0.05, 0) is 31.7 Å². The van der Waals surface area contributed by atoms with Crippen LogP contribution in [0.4, 0.5) is 0 Å². The summed E-state index contributed by atoms with van der Waals surface area (Å²) in [6, 6.07) is 0. The van der Waals surface area contributed by atoms with Gasteiger partial charge in [-0.1, -0.05) is 13.3 Å². The van der Waals surface area contributed by atoms with Crippen molar-refractivity contribution in [2.45, 2.75) is 39.2 Å². The molecule has 15 heavy (non-hydrogen) atoms.